The largest absolute Gasteiger partial charge is 0.486 e. The van der Waals surface area contributed by atoms with Crippen molar-refractivity contribution in [1.29, 1.82) is 0 Å². The van der Waals surface area contributed by atoms with E-state index in [-0.39, 0.29) is 18.9 Å². The number of nitrogens with one attached hydrogen (secondary N) is 1. The van der Waals surface area contributed by atoms with Crippen LogP contribution in [-0.4, -0.2) is 23.7 Å². The Morgan fingerprint density at radius 2 is 1.72 bits per heavy atom. The van der Waals surface area contributed by atoms with E-state index in [4.69, 9.17) is 16.3 Å². The molecule has 5 nitrogen and oxygen atoms in total. The normalized spacial score (nSPS) is 11.4. The topological polar surface area (TPSA) is 60.5 Å². The van der Waals surface area contributed by atoms with Gasteiger partial charge >= 0.3 is 6.18 Å². The van der Waals surface area contributed by atoms with E-state index in [0.717, 1.165) is 10.6 Å². The maximum Gasteiger partial charge on any atom is 0.411 e. The second-order valence-electron chi connectivity index (χ2n) is 6.85. The fraction of sp³-hybridized carbons (Fsp3) is 0.273. The number of aromatic nitrogens is 1. The molecule has 0 aliphatic rings. The molecule has 0 saturated heterocycles. The van der Waals surface area contributed by atoms with Crippen molar-refractivity contribution in [3.05, 3.63) is 80.8 Å². The van der Waals surface area contributed by atoms with Gasteiger partial charge in [0.1, 0.15) is 24.0 Å². The quantitative estimate of drug-likeness (QED) is 0.423. The highest BCUT2D eigenvalue weighted by Gasteiger charge is 2.27. The minimum atomic E-state index is -4.34. The van der Waals surface area contributed by atoms with Crippen molar-refractivity contribution in [2.75, 3.05) is 6.61 Å². The number of nitrogens with zero attached hydrogens (tertiary/aromatic N) is 1. The number of halogens is 4. The van der Waals surface area contributed by atoms with Crippen molar-refractivity contribution >= 4 is 28.8 Å². The third-order valence-corrected chi connectivity index (χ3v) is 5.29. The molecule has 0 unspecified atom stereocenters. The van der Waals surface area contributed by atoms with Gasteiger partial charge in [0.25, 0.3) is 0 Å². The predicted octanol–water partition coefficient (Wildman–Crippen LogP) is 5.31. The molecule has 0 aliphatic carbocycles. The number of hydrogen-bond acceptors (Lipinski definition) is 5. The second-order valence-corrected chi connectivity index (χ2v) is 8.23. The summed E-state index contributed by atoms with van der Waals surface area (Å²) in [6, 6.07) is 13.8. The predicted molar refractivity (Wildman–Crippen MR) is 116 cm³/mol. The smallest absolute Gasteiger partial charge is 0.411 e. The van der Waals surface area contributed by atoms with Crippen LogP contribution in [0.2, 0.25) is 5.02 Å². The van der Waals surface area contributed by atoms with Crippen LogP contribution in [0.4, 0.5) is 13.2 Å². The average molecular weight is 485 g/mol. The number of amides is 1. The van der Waals surface area contributed by atoms with E-state index in [0.29, 0.717) is 35.2 Å². The molecule has 32 heavy (non-hydrogen) atoms. The van der Waals surface area contributed by atoms with Crippen LogP contribution < -0.4 is 10.1 Å². The Bertz CT molecular complexity index is 1010. The van der Waals surface area contributed by atoms with Gasteiger partial charge in [0, 0.05) is 16.9 Å². The zero-order valence-corrected chi connectivity index (χ0v) is 18.4. The lowest BCUT2D eigenvalue weighted by molar-refractivity contribution is -0.176. The molecule has 0 radical (unpaired) electrons. The number of carbonyl (C=O) groups is 1. The molecular weight excluding hydrogens is 465 g/mol. The van der Waals surface area contributed by atoms with Crippen LogP contribution in [0.25, 0.3) is 0 Å². The van der Waals surface area contributed by atoms with Crippen molar-refractivity contribution in [2.24, 2.45) is 0 Å². The van der Waals surface area contributed by atoms with Crippen LogP contribution in [0, 0.1) is 0 Å². The van der Waals surface area contributed by atoms with E-state index in [2.05, 4.69) is 15.0 Å². The lowest BCUT2D eigenvalue weighted by Crippen LogP contribution is -2.24. The summed E-state index contributed by atoms with van der Waals surface area (Å²) in [7, 11) is 0. The summed E-state index contributed by atoms with van der Waals surface area (Å²) in [5.41, 5.74) is 2.10. The Hall–Kier alpha value is -2.62. The molecule has 1 amide bonds. The first-order valence-electron chi connectivity index (χ1n) is 9.57. The second kappa shape index (κ2) is 11.3. The summed E-state index contributed by atoms with van der Waals surface area (Å²) in [5.74, 6) is 0.500. The van der Waals surface area contributed by atoms with Gasteiger partial charge in [-0.1, -0.05) is 35.9 Å². The summed E-state index contributed by atoms with van der Waals surface area (Å²) in [6.07, 6.45) is -4.20. The maximum absolute atomic E-state index is 12.2. The Kier molecular flexibility index (Phi) is 8.49. The third kappa shape index (κ3) is 8.49. The molecule has 3 rings (SSSR count). The molecule has 1 heterocycles. The number of alkyl halides is 3. The van der Waals surface area contributed by atoms with Crippen molar-refractivity contribution in [3.8, 4) is 5.75 Å². The summed E-state index contributed by atoms with van der Waals surface area (Å²) >= 11 is 7.25. The molecule has 0 spiro atoms. The van der Waals surface area contributed by atoms with Gasteiger partial charge in [-0.05, 0) is 35.4 Å². The minimum Gasteiger partial charge on any atom is -0.486 e. The van der Waals surface area contributed by atoms with Gasteiger partial charge in [0.15, 0.2) is 0 Å². The number of benzene rings is 2. The fourth-order valence-corrected chi connectivity index (χ4v) is 3.47. The Morgan fingerprint density at radius 1 is 1.03 bits per heavy atom. The first-order valence-corrected chi connectivity index (χ1v) is 10.8. The molecule has 3 aromatic rings. The van der Waals surface area contributed by atoms with E-state index in [1.807, 2.05) is 5.38 Å². The van der Waals surface area contributed by atoms with Crippen molar-refractivity contribution in [1.82, 2.24) is 10.3 Å². The number of rotatable bonds is 10. The Balaban J connectivity index is 1.39. The zero-order chi connectivity index (χ0) is 23.0. The van der Waals surface area contributed by atoms with Crippen LogP contribution >= 0.6 is 22.9 Å². The molecular formula is C22H20ClF3N2O3S. The fourth-order valence-electron chi connectivity index (χ4n) is 2.64. The highest BCUT2D eigenvalue weighted by molar-refractivity contribution is 7.09. The summed E-state index contributed by atoms with van der Waals surface area (Å²) in [5, 5.41) is 6.01. The molecule has 1 N–H and O–H groups in total. The molecule has 0 saturated carbocycles. The van der Waals surface area contributed by atoms with Crippen LogP contribution in [0.5, 0.6) is 5.75 Å². The minimum absolute atomic E-state index is 0.125. The van der Waals surface area contributed by atoms with Crippen LogP contribution in [-0.2, 0) is 35.7 Å². The van der Waals surface area contributed by atoms with E-state index in [1.54, 1.807) is 48.5 Å². The SMILES string of the molecule is O=C(Cc1csc(COc2ccc(Cl)cc2)n1)NCc1ccc(COCC(F)(F)F)cc1. The highest BCUT2D eigenvalue weighted by Crippen LogP contribution is 2.19. The monoisotopic (exact) mass is 484 g/mol. The maximum atomic E-state index is 12.2. The van der Waals surface area contributed by atoms with E-state index in [1.165, 1.54) is 11.3 Å². The van der Waals surface area contributed by atoms with Crippen LogP contribution in [0.1, 0.15) is 21.8 Å². The van der Waals surface area contributed by atoms with Gasteiger partial charge in [0.05, 0.1) is 18.7 Å². The van der Waals surface area contributed by atoms with Crippen molar-refractivity contribution in [2.45, 2.75) is 32.4 Å². The Morgan fingerprint density at radius 3 is 2.41 bits per heavy atom. The first-order chi connectivity index (χ1) is 15.3. The van der Waals surface area contributed by atoms with Gasteiger partial charge in [-0.3, -0.25) is 4.79 Å². The van der Waals surface area contributed by atoms with Gasteiger partial charge in [-0.15, -0.1) is 11.3 Å². The van der Waals surface area contributed by atoms with Crippen molar-refractivity contribution in [3.63, 3.8) is 0 Å². The van der Waals surface area contributed by atoms with E-state index in [9.17, 15) is 18.0 Å². The van der Waals surface area contributed by atoms with Gasteiger partial charge < -0.3 is 14.8 Å². The first kappa shape index (κ1) is 24.0. The standard InChI is InChI=1S/C22H20ClF3N2O3S/c23-17-5-7-19(8-6-17)31-12-21-28-18(13-32-21)9-20(29)27-10-15-1-3-16(4-2-15)11-30-14-22(24,25)26/h1-8,13H,9-12,14H2,(H,27,29). The lowest BCUT2D eigenvalue weighted by atomic mass is 10.1. The number of thiazole rings is 1. The van der Waals surface area contributed by atoms with E-state index < -0.39 is 12.8 Å². The van der Waals surface area contributed by atoms with Gasteiger partial charge in [0.2, 0.25) is 5.91 Å². The number of ether oxygens (including phenoxy) is 2. The van der Waals surface area contributed by atoms with Gasteiger partial charge in [-0.25, -0.2) is 4.98 Å². The molecule has 2 aromatic carbocycles. The Labute approximate surface area is 192 Å². The summed E-state index contributed by atoms with van der Waals surface area (Å²) in [4.78, 5) is 16.6. The van der Waals surface area contributed by atoms with Crippen LogP contribution in [0.3, 0.4) is 0 Å². The molecule has 1 aromatic heterocycles. The molecule has 10 heteroatoms. The van der Waals surface area contributed by atoms with Crippen molar-refractivity contribution < 1.29 is 27.4 Å². The highest BCUT2D eigenvalue weighted by atomic mass is 35.5. The number of hydrogen-bond donors (Lipinski definition) is 1. The molecule has 0 atom stereocenters. The third-order valence-electron chi connectivity index (χ3n) is 4.16. The summed E-state index contributed by atoms with van der Waals surface area (Å²) in [6.45, 7) is -0.803. The van der Waals surface area contributed by atoms with E-state index >= 15 is 0 Å². The summed E-state index contributed by atoms with van der Waals surface area (Å²) < 4.78 is 46.6. The average Bonchev–Trinajstić information content (AvgIpc) is 3.19. The zero-order valence-electron chi connectivity index (χ0n) is 16.8. The molecule has 0 bridgehead atoms. The number of carbonyl (C=O) groups excluding carboxylic acids is 1. The molecule has 170 valence electrons. The molecule has 0 aliphatic heterocycles. The van der Waals surface area contributed by atoms with Crippen LogP contribution in [0.15, 0.2) is 53.9 Å². The molecule has 0 fully saturated rings. The van der Waals surface area contributed by atoms with Gasteiger partial charge in [-0.2, -0.15) is 13.2 Å². The lowest BCUT2D eigenvalue weighted by Gasteiger charge is -2.08.